The highest BCUT2D eigenvalue weighted by Crippen LogP contribution is 2.39. The number of halogens is 3. The molecule has 0 N–H and O–H groups in total. The molecule has 1 aliphatic heterocycles. The van der Waals surface area contributed by atoms with E-state index in [9.17, 15) is 18.0 Å². The van der Waals surface area contributed by atoms with Gasteiger partial charge in [0.15, 0.2) is 5.69 Å². The Bertz CT molecular complexity index is 1340. The van der Waals surface area contributed by atoms with Gasteiger partial charge in [0, 0.05) is 28.8 Å². The van der Waals surface area contributed by atoms with Crippen LogP contribution in [0.1, 0.15) is 38.4 Å². The number of ether oxygens (including phenoxy) is 3. The zero-order valence-corrected chi connectivity index (χ0v) is 23.2. The molecule has 4 rings (SSSR count). The van der Waals surface area contributed by atoms with Crippen LogP contribution in [-0.4, -0.2) is 66.1 Å². The second-order valence-electron chi connectivity index (χ2n) is 10.0. The van der Waals surface area contributed by atoms with Crippen LogP contribution in [0, 0.1) is 6.92 Å². The SMILES string of the molecule is COOC[C@@H]1C[C@H](Oc2cc(-c3nc(C(F)(F)F)cs3)nc3c(C)c(OC)ccc23)CN1C(=O)OC(C)(C)C. The summed E-state index contributed by atoms with van der Waals surface area (Å²) in [7, 11) is 2.91. The summed E-state index contributed by atoms with van der Waals surface area (Å²) < 4.78 is 57.1. The van der Waals surface area contributed by atoms with Crippen molar-refractivity contribution in [3.63, 3.8) is 0 Å². The van der Waals surface area contributed by atoms with E-state index in [0.29, 0.717) is 34.4 Å². The number of nitrogens with zero attached hydrogens (tertiary/aromatic N) is 3. The fraction of sp³-hybridized carbons (Fsp3) is 0.500. The molecule has 1 amide bonds. The van der Waals surface area contributed by atoms with Crippen LogP contribution >= 0.6 is 11.3 Å². The van der Waals surface area contributed by atoms with Crippen molar-refractivity contribution in [3.8, 4) is 22.2 Å². The second-order valence-corrected chi connectivity index (χ2v) is 10.9. The molecule has 1 saturated heterocycles. The average molecular weight is 570 g/mol. The van der Waals surface area contributed by atoms with Gasteiger partial charge in [-0.3, -0.25) is 4.90 Å². The van der Waals surface area contributed by atoms with Gasteiger partial charge < -0.3 is 14.2 Å². The molecule has 1 fully saturated rings. The van der Waals surface area contributed by atoms with Crippen LogP contribution < -0.4 is 9.47 Å². The van der Waals surface area contributed by atoms with Gasteiger partial charge in [0.05, 0.1) is 32.3 Å². The standard InChI is InChI=1S/C26H30F3N3O6S/c1-14-19(34-5)8-7-17-20(10-18(30-22(14)17)23-31-21(13-39-23)26(27,28)29)37-16-9-15(12-36-35-6)32(11-16)24(33)38-25(2,3)4/h7-8,10,13,15-16H,9,11-12H2,1-6H3/t15-,16-/m0/s1. The third kappa shape index (κ3) is 6.53. The van der Waals surface area contributed by atoms with E-state index in [-0.39, 0.29) is 29.9 Å². The molecule has 0 spiro atoms. The summed E-state index contributed by atoms with van der Waals surface area (Å²) >= 11 is 0.844. The number of methoxy groups -OCH3 is 1. The van der Waals surface area contributed by atoms with E-state index in [1.54, 1.807) is 39.0 Å². The number of thiazole rings is 1. The molecule has 0 saturated carbocycles. The van der Waals surface area contributed by atoms with Crippen LogP contribution in [0.5, 0.6) is 11.5 Å². The Balaban J connectivity index is 1.71. The topological polar surface area (TPSA) is 92.2 Å². The van der Waals surface area contributed by atoms with Crippen molar-refractivity contribution in [1.29, 1.82) is 0 Å². The summed E-state index contributed by atoms with van der Waals surface area (Å²) in [5.41, 5.74) is -0.248. The first-order valence-corrected chi connectivity index (χ1v) is 13.0. The lowest BCUT2D eigenvalue weighted by atomic mass is 10.1. The van der Waals surface area contributed by atoms with Crippen LogP contribution in [0.4, 0.5) is 18.0 Å². The van der Waals surface area contributed by atoms with Crippen molar-refractivity contribution >= 4 is 28.3 Å². The summed E-state index contributed by atoms with van der Waals surface area (Å²) in [5, 5.41) is 1.70. The largest absolute Gasteiger partial charge is 0.496 e. The van der Waals surface area contributed by atoms with Gasteiger partial charge in [0.1, 0.15) is 40.5 Å². The Hall–Kier alpha value is -3.16. The van der Waals surface area contributed by atoms with Crippen molar-refractivity contribution in [1.82, 2.24) is 14.9 Å². The van der Waals surface area contributed by atoms with Crippen LogP contribution in [-0.2, 0) is 20.7 Å². The summed E-state index contributed by atoms with van der Waals surface area (Å²) in [6.45, 7) is 7.45. The fourth-order valence-electron chi connectivity index (χ4n) is 4.32. The third-order valence-corrected chi connectivity index (χ3v) is 6.92. The smallest absolute Gasteiger partial charge is 0.434 e. The summed E-state index contributed by atoms with van der Waals surface area (Å²) in [4.78, 5) is 32.7. The van der Waals surface area contributed by atoms with Crippen molar-refractivity contribution in [2.24, 2.45) is 0 Å². The van der Waals surface area contributed by atoms with Gasteiger partial charge in [-0.25, -0.2) is 24.5 Å². The number of rotatable bonds is 7. The van der Waals surface area contributed by atoms with Crippen molar-refractivity contribution < 1.29 is 42.0 Å². The lowest BCUT2D eigenvalue weighted by Gasteiger charge is -2.27. The fourth-order valence-corrected chi connectivity index (χ4v) is 5.10. The number of carbonyl (C=O) groups is 1. The highest BCUT2D eigenvalue weighted by atomic mass is 32.1. The number of aromatic nitrogens is 2. The number of hydrogen-bond donors (Lipinski definition) is 0. The highest BCUT2D eigenvalue weighted by molar-refractivity contribution is 7.13. The number of amides is 1. The van der Waals surface area contributed by atoms with E-state index in [0.717, 1.165) is 16.7 Å². The Morgan fingerprint density at radius 3 is 2.51 bits per heavy atom. The lowest BCUT2D eigenvalue weighted by molar-refractivity contribution is -0.278. The Labute approximate surface area is 227 Å². The van der Waals surface area contributed by atoms with E-state index in [4.69, 9.17) is 24.0 Å². The minimum Gasteiger partial charge on any atom is -0.496 e. The monoisotopic (exact) mass is 569 g/mol. The van der Waals surface area contributed by atoms with Gasteiger partial charge in [-0.2, -0.15) is 13.2 Å². The van der Waals surface area contributed by atoms with Gasteiger partial charge in [0.25, 0.3) is 0 Å². The van der Waals surface area contributed by atoms with E-state index in [2.05, 4.69) is 9.97 Å². The van der Waals surface area contributed by atoms with E-state index in [1.165, 1.54) is 19.1 Å². The van der Waals surface area contributed by atoms with Gasteiger partial charge >= 0.3 is 12.3 Å². The molecular weight excluding hydrogens is 539 g/mol. The summed E-state index contributed by atoms with van der Waals surface area (Å²) in [5.74, 6) is 0.967. The number of aryl methyl sites for hydroxylation is 1. The summed E-state index contributed by atoms with van der Waals surface area (Å²) in [6.07, 6.45) is -5.14. The van der Waals surface area contributed by atoms with Gasteiger partial charge in [-0.15, -0.1) is 11.3 Å². The minimum atomic E-state index is -4.57. The first kappa shape index (κ1) is 28.8. The maximum Gasteiger partial charge on any atom is 0.434 e. The van der Waals surface area contributed by atoms with Crippen molar-refractivity contribution in [2.45, 2.75) is 58.0 Å². The molecule has 0 radical (unpaired) electrons. The van der Waals surface area contributed by atoms with E-state index in [1.807, 2.05) is 6.92 Å². The Kier molecular flexibility index (Phi) is 8.24. The number of carbonyl (C=O) groups excluding carboxylic acids is 1. The van der Waals surface area contributed by atoms with Gasteiger partial charge in [-0.1, -0.05) is 0 Å². The number of hydrogen-bond acceptors (Lipinski definition) is 9. The maximum absolute atomic E-state index is 13.2. The molecule has 9 nitrogen and oxygen atoms in total. The molecule has 39 heavy (non-hydrogen) atoms. The molecule has 1 aliphatic rings. The van der Waals surface area contributed by atoms with Crippen LogP contribution in [0.25, 0.3) is 21.6 Å². The average Bonchev–Trinajstić information content (AvgIpc) is 3.50. The first-order valence-electron chi connectivity index (χ1n) is 12.1. The predicted octanol–water partition coefficient (Wildman–Crippen LogP) is 6.03. The molecule has 3 aromatic rings. The normalized spacial score (nSPS) is 18.0. The number of likely N-dealkylation sites (tertiary alicyclic amines) is 1. The molecule has 3 heterocycles. The van der Waals surface area contributed by atoms with E-state index < -0.39 is 29.7 Å². The van der Waals surface area contributed by atoms with Gasteiger partial charge in [0.2, 0.25) is 0 Å². The Morgan fingerprint density at radius 2 is 1.90 bits per heavy atom. The van der Waals surface area contributed by atoms with Gasteiger partial charge in [-0.05, 0) is 39.8 Å². The molecule has 2 atom stereocenters. The Morgan fingerprint density at radius 1 is 1.15 bits per heavy atom. The third-order valence-electron chi connectivity index (χ3n) is 6.06. The quantitative estimate of drug-likeness (QED) is 0.252. The molecule has 0 bridgehead atoms. The molecule has 212 valence electrons. The number of benzene rings is 1. The van der Waals surface area contributed by atoms with Crippen LogP contribution in [0.15, 0.2) is 23.6 Å². The van der Waals surface area contributed by atoms with Crippen molar-refractivity contribution in [2.75, 3.05) is 27.4 Å². The highest BCUT2D eigenvalue weighted by Gasteiger charge is 2.39. The van der Waals surface area contributed by atoms with Crippen LogP contribution in [0.3, 0.4) is 0 Å². The maximum atomic E-state index is 13.2. The number of alkyl halides is 3. The molecule has 1 aromatic carbocycles. The molecule has 0 aliphatic carbocycles. The molecular formula is C26H30F3N3O6S. The first-order chi connectivity index (χ1) is 18.3. The lowest BCUT2D eigenvalue weighted by Crippen LogP contribution is -2.42. The molecule has 0 unspecified atom stereocenters. The zero-order valence-electron chi connectivity index (χ0n) is 22.4. The summed E-state index contributed by atoms with van der Waals surface area (Å²) in [6, 6.07) is 4.74. The molecule has 13 heteroatoms. The number of pyridine rings is 1. The predicted molar refractivity (Wildman–Crippen MR) is 138 cm³/mol. The van der Waals surface area contributed by atoms with Crippen LogP contribution in [0.2, 0.25) is 0 Å². The van der Waals surface area contributed by atoms with Crippen molar-refractivity contribution in [3.05, 3.63) is 34.8 Å². The second kappa shape index (κ2) is 11.1. The number of fused-ring (bicyclic) bond motifs is 1. The minimum absolute atomic E-state index is 0.101. The molecule has 2 aromatic heterocycles. The van der Waals surface area contributed by atoms with E-state index >= 15 is 0 Å². The zero-order chi connectivity index (χ0) is 28.5.